The van der Waals surface area contributed by atoms with Crippen molar-refractivity contribution in [1.82, 2.24) is 9.78 Å². The van der Waals surface area contributed by atoms with Crippen LogP contribution in [0.15, 0.2) is 57.1 Å². The molecule has 5 rings (SSSR count). The second-order valence-electron chi connectivity index (χ2n) is 6.98. The molecule has 0 saturated heterocycles. The molecule has 0 fully saturated rings. The van der Waals surface area contributed by atoms with Crippen LogP contribution in [0.2, 0.25) is 0 Å². The van der Waals surface area contributed by atoms with Crippen molar-refractivity contribution in [1.29, 1.82) is 0 Å². The highest BCUT2D eigenvalue weighted by molar-refractivity contribution is 7.10. The lowest BCUT2D eigenvalue weighted by atomic mass is 9.92. The Morgan fingerprint density at radius 2 is 2.10 bits per heavy atom. The minimum Gasteiger partial charge on any atom is -0.451 e. The van der Waals surface area contributed by atoms with Crippen LogP contribution in [0.4, 0.5) is 11.6 Å². The van der Waals surface area contributed by atoms with Gasteiger partial charge >= 0.3 is 0 Å². The first-order chi connectivity index (χ1) is 14.5. The highest BCUT2D eigenvalue weighted by Crippen LogP contribution is 2.42. The van der Waals surface area contributed by atoms with Gasteiger partial charge in [-0.15, -0.1) is 11.3 Å². The van der Waals surface area contributed by atoms with Gasteiger partial charge in [0.2, 0.25) is 5.91 Å². The van der Waals surface area contributed by atoms with Gasteiger partial charge in [-0.05, 0) is 23.6 Å². The number of hydrogen-bond donors (Lipinski definition) is 2. The number of rotatable bonds is 3. The number of para-hydroxylation sites is 1. The van der Waals surface area contributed by atoms with Crippen LogP contribution in [0.3, 0.4) is 0 Å². The highest BCUT2D eigenvalue weighted by Gasteiger charge is 2.34. The molecule has 9 heteroatoms. The van der Waals surface area contributed by atoms with Crippen molar-refractivity contribution in [2.24, 2.45) is 7.05 Å². The number of benzene rings is 1. The van der Waals surface area contributed by atoms with Gasteiger partial charge in [0.25, 0.3) is 5.91 Å². The summed E-state index contributed by atoms with van der Waals surface area (Å²) in [5, 5.41) is 12.3. The molecule has 0 saturated carbocycles. The summed E-state index contributed by atoms with van der Waals surface area (Å²) in [5.41, 5.74) is 0.770. The van der Waals surface area contributed by atoms with E-state index in [-0.39, 0.29) is 29.4 Å². The van der Waals surface area contributed by atoms with Gasteiger partial charge in [-0.3, -0.25) is 19.1 Å². The Kier molecular flexibility index (Phi) is 4.25. The lowest BCUT2D eigenvalue weighted by molar-refractivity contribution is -0.116. The fourth-order valence-corrected chi connectivity index (χ4v) is 4.54. The van der Waals surface area contributed by atoms with Gasteiger partial charge in [0.15, 0.2) is 17.0 Å². The molecule has 2 N–H and O–H groups in total. The second kappa shape index (κ2) is 6.96. The number of amides is 2. The number of aryl methyl sites for hydroxylation is 1. The van der Waals surface area contributed by atoms with Crippen LogP contribution >= 0.6 is 11.3 Å². The zero-order chi connectivity index (χ0) is 20.8. The van der Waals surface area contributed by atoms with Crippen molar-refractivity contribution in [3.8, 4) is 0 Å². The molecule has 1 atom stereocenters. The first kappa shape index (κ1) is 18.3. The third-order valence-electron chi connectivity index (χ3n) is 5.06. The maximum absolute atomic E-state index is 12.9. The Labute approximate surface area is 174 Å². The van der Waals surface area contributed by atoms with Crippen LogP contribution in [0.1, 0.15) is 33.3 Å². The molecular weight excluding hydrogens is 404 g/mol. The van der Waals surface area contributed by atoms with Crippen LogP contribution in [0.25, 0.3) is 11.0 Å². The molecule has 4 aromatic rings. The summed E-state index contributed by atoms with van der Waals surface area (Å²) in [6, 6.07) is 11.8. The smallest absolute Gasteiger partial charge is 0.292 e. The van der Waals surface area contributed by atoms with E-state index in [1.807, 2.05) is 17.5 Å². The minimum absolute atomic E-state index is 0.106. The molecule has 2 amide bonds. The summed E-state index contributed by atoms with van der Waals surface area (Å²) in [4.78, 5) is 38.4. The van der Waals surface area contributed by atoms with Gasteiger partial charge in [0.1, 0.15) is 11.4 Å². The van der Waals surface area contributed by atoms with E-state index in [0.717, 1.165) is 10.4 Å². The van der Waals surface area contributed by atoms with E-state index < -0.39 is 5.91 Å². The molecular formula is C21H16N4O4S. The average molecular weight is 420 g/mol. The zero-order valence-corrected chi connectivity index (χ0v) is 16.7. The quantitative estimate of drug-likeness (QED) is 0.529. The van der Waals surface area contributed by atoms with Gasteiger partial charge in [-0.2, -0.15) is 5.10 Å². The van der Waals surface area contributed by atoms with Gasteiger partial charge in [0, 0.05) is 35.9 Å². The molecule has 1 aliphatic rings. The SMILES string of the molecule is Cn1nc(NC(=O)c2cc(=O)c3ccccc3o2)c2c1NC(=O)C[C@H]2c1cccs1. The fraction of sp³-hybridized carbons (Fsp3) is 0.143. The first-order valence-electron chi connectivity index (χ1n) is 9.25. The molecule has 0 bridgehead atoms. The van der Waals surface area contributed by atoms with Crippen LogP contribution in [0.5, 0.6) is 0 Å². The Morgan fingerprint density at radius 3 is 2.90 bits per heavy atom. The molecule has 150 valence electrons. The molecule has 0 radical (unpaired) electrons. The van der Waals surface area contributed by atoms with Crippen molar-refractivity contribution >= 4 is 45.8 Å². The predicted molar refractivity (Wildman–Crippen MR) is 113 cm³/mol. The number of carbonyl (C=O) groups is 2. The van der Waals surface area contributed by atoms with E-state index in [4.69, 9.17) is 4.42 Å². The van der Waals surface area contributed by atoms with Crippen molar-refractivity contribution in [3.63, 3.8) is 0 Å². The molecule has 30 heavy (non-hydrogen) atoms. The summed E-state index contributed by atoms with van der Waals surface area (Å²) in [6.45, 7) is 0. The van der Waals surface area contributed by atoms with Crippen LogP contribution in [-0.2, 0) is 11.8 Å². The molecule has 3 aromatic heterocycles. The Hall–Kier alpha value is -3.72. The summed E-state index contributed by atoms with van der Waals surface area (Å²) in [7, 11) is 1.70. The number of nitrogens with one attached hydrogen (secondary N) is 2. The number of aromatic nitrogens is 2. The van der Waals surface area contributed by atoms with E-state index >= 15 is 0 Å². The largest absolute Gasteiger partial charge is 0.451 e. The van der Waals surface area contributed by atoms with Crippen molar-refractivity contribution in [2.75, 3.05) is 10.6 Å². The second-order valence-corrected chi connectivity index (χ2v) is 7.96. The van der Waals surface area contributed by atoms with Crippen molar-refractivity contribution in [2.45, 2.75) is 12.3 Å². The molecule has 0 unspecified atom stereocenters. The minimum atomic E-state index is -0.583. The predicted octanol–water partition coefficient (Wildman–Crippen LogP) is 3.31. The van der Waals surface area contributed by atoms with Gasteiger partial charge in [-0.25, -0.2) is 0 Å². The summed E-state index contributed by atoms with van der Waals surface area (Å²) in [5.74, 6) is -0.151. The maximum atomic E-state index is 12.9. The van der Waals surface area contributed by atoms with Crippen LogP contribution in [0, 0.1) is 0 Å². The van der Waals surface area contributed by atoms with E-state index in [9.17, 15) is 14.4 Å². The van der Waals surface area contributed by atoms with E-state index in [0.29, 0.717) is 22.6 Å². The number of thiophene rings is 1. The summed E-state index contributed by atoms with van der Waals surface area (Å²) >= 11 is 1.54. The van der Waals surface area contributed by atoms with E-state index in [2.05, 4.69) is 15.7 Å². The zero-order valence-electron chi connectivity index (χ0n) is 15.8. The van der Waals surface area contributed by atoms with Gasteiger partial charge in [0.05, 0.1) is 5.39 Å². The normalized spacial score (nSPS) is 15.6. The molecule has 0 spiro atoms. The third kappa shape index (κ3) is 3.00. The topological polar surface area (TPSA) is 106 Å². The average Bonchev–Trinajstić information content (AvgIpc) is 3.36. The number of carbonyl (C=O) groups excluding carboxylic acids is 2. The molecule has 4 heterocycles. The molecule has 1 aromatic carbocycles. The number of hydrogen-bond acceptors (Lipinski definition) is 6. The standard InChI is InChI=1S/C21H16N4O4S/c1-25-20-18(12(9-17(27)22-20)16-7-4-8-30-16)19(24-25)23-21(28)15-10-13(26)11-5-2-3-6-14(11)29-15/h2-8,10,12H,9H2,1H3,(H,22,27)(H,23,24,28)/t12-/m0/s1. The molecule has 8 nitrogen and oxygen atoms in total. The number of nitrogens with zero attached hydrogens (tertiary/aromatic N) is 2. The summed E-state index contributed by atoms with van der Waals surface area (Å²) in [6.07, 6.45) is 0.257. The molecule has 1 aliphatic heterocycles. The van der Waals surface area contributed by atoms with E-state index in [1.165, 1.54) is 10.7 Å². The monoisotopic (exact) mass is 420 g/mol. The van der Waals surface area contributed by atoms with Crippen LogP contribution in [-0.4, -0.2) is 21.6 Å². The number of fused-ring (bicyclic) bond motifs is 2. The molecule has 0 aliphatic carbocycles. The van der Waals surface area contributed by atoms with Crippen LogP contribution < -0.4 is 16.1 Å². The highest BCUT2D eigenvalue weighted by atomic mass is 32.1. The summed E-state index contributed by atoms with van der Waals surface area (Å²) < 4.78 is 7.16. The first-order valence-corrected chi connectivity index (χ1v) is 10.1. The number of anilines is 2. The lowest BCUT2D eigenvalue weighted by Crippen LogP contribution is -2.25. The van der Waals surface area contributed by atoms with E-state index in [1.54, 1.807) is 42.6 Å². The van der Waals surface area contributed by atoms with Crippen molar-refractivity contribution in [3.05, 3.63) is 74.3 Å². The van der Waals surface area contributed by atoms with Crippen molar-refractivity contribution < 1.29 is 14.0 Å². The maximum Gasteiger partial charge on any atom is 0.292 e. The van der Waals surface area contributed by atoms with Gasteiger partial charge < -0.3 is 15.1 Å². The fourth-order valence-electron chi connectivity index (χ4n) is 3.70. The third-order valence-corrected chi connectivity index (χ3v) is 6.04. The lowest BCUT2D eigenvalue weighted by Gasteiger charge is -2.22. The Balaban J connectivity index is 1.55. The Bertz CT molecular complexity index is 1350. The Morgan fingerprint density at radius 1 is 1.27 bits per heavy atom. The van der Waals surface area contributed by atoms with Gasteiger partial charge in [-0.1, -0.05) is 18.2 Å².